The van der Waals surface area contributed by atoms with Crippen molar-refractivity contribution in [1.82, 2.24) is 0 Å². The minimum Gasteiger partial charge on any atom is -0.478 e. The van der Waals surface area contributed by atoms with E-state index >= 15 is 0 Å². The van der Waals surface area contributed by atoms with Gasteiger partial charge in [0.1, 0.15) is 6.29 Å². The zero-order chi connectivity index (χ0) is 12.0. The van der Waals surface area contributed by atoms with Crippen LogP contribution in [0.5, 0.6) is 0 Å². The highest BCUT2D eigenvalue weighted by molar-refractivity contribution is 5.78. The van der Waals surface area contributed by atoms with Gasteiger partial charge in [-0.15, -0.1) is 0 Å². The number of carbonyl (C=O) groups excluding carboxylic acids is 1. The fraction of sp³-hybridized carbons (Fsp3) is 0.333. The van der Waals surface area contributed by atoms with Gasteiger partial charge in [0.15, 0.2) is 0 Å². The van der Waals surface area contributed by atoms with Gasteiger partial charge >= 0.3 is 5.97 Å². The number of hydrogen-bond acceptors (Lipinski definition) is 4. The molecule has 0 unspecified atom stereocenters. The lowest BCUT2D eigenvalue weighted by Crippen LogP contribution is -1.85. The Bertz CT molecular complexity index is 154. The van der Waals surface area contributed by atoms with Crippen molar-refractivity contribution in [3.63, 3.8) is 0 Å². The first-order valence-corrected chi connectivity index (χ1v) is 3.64. The normalized spacial score (nSPS) is 6.79. The maximum atomic E-state index is 9.41. The van der Waals surface area contributed by atoms with Crippen molar-refractivity contribution in [3.05, 3.63) is 24.8 Å². The summed E-state index contributed by atoms with van der Waals surface area (Å²) in [6.07, 6.45) is 1.56. The van der Waals surface area contributed by atoms with Gasteiger partial charge in [-0.2, -0.15) is 0 Å². The Labute approximate surface area is 83.0 Å². The molecule has 0 aliphatic carbocycles. The van der Waals surface area contributed by atoms with Crippen molar-refractivity contribution >= 4 is 12.3 Å². The summed E-state index contributed by atoms with van der Waals surface area (Å²) in [4.78, 5) is 18.7. The Kier molecular flexibility index (Phi) is 23.0. The predicted molar refractivity (Wildman–Crippen MR) is 52.9 cm³/mol. The van der Waals surface area contributed by atoms with Gasteiger partial charge in [-0.1, -0.05) is 13.2 Å². The van der Waals surface area contributed by atoms with Gasteiger partial charge in [0.2, 0.25) is 0 Å². The number of carbonyl (C=O) groups is 2. The van der Waals surface area contributed by atoms with Crippen LogP contribution in [-0.4, -0.2) is 40.8 Å². The molecule has 0 aliphatic heterocycles. The smallest absolute Gasteiger partial charge is 0.327 e. The number of allylic oxidation sites excluding steroid dienone is 1. The molecular weight excluding hydrogens is 188 g/mol. The predicted octanol–water partition coefficient (Wildman–Crippen LogP) is -0.0106. The highest BCUT2D eigenvalue weighted by Gasteiger charge is 1.73. The van der Waals surface area contributed by atoms with E-state index in [0.717, 1.165) is 12.4 Å². The summed E-state index contributed by atoms with van der Waals surface area (Å²) in [7, 11) is 0. The molecule has 3 N–H and O–H groups in total. The molecule has 5 nitrogen and oxygen atoms in total. The fourth-order valence-corrected chi connectivity index (χ4v) is 0. The number of carboxylic acid groups (broad SMARTS) is 1. The first-order valence-electron chi connectivity index (χ1n) is 3.64. The van der Waals surface area contributed by atoms with E-state index in [-0.39, 0.29) is 13.2 Å². The van der Waals surface area contributed by atoms with Crippen LogP contribution in [0.15, 0.2) is 24.8 Å². The number of carboxylic acids is 1. The molecule has 0 rings (SSSR count). The van der Waals surface area contributed by atoms with Crippen LogP contribution >= 0.6 is 0 Å². The third-order valence-corrected chi connectivity index (χ3v) is 0.476. The number of aldehydes is 1. The lowest BCUT2D eigenvalue weighted by molar-refractivity contribution is -0.131. The first kappa shape index (κ1) is 18.3. The zero-order valence-corrected chi connectivity index (χ0v) is 8.14. The molecule has 0 aliphatic rings. The molecule has 0 aromatic carbocycles. The third kappa shape index (κ3) is 76.5. The summed E-state index contributed by atoms with van der Waals surface area (Å²) in [5.74, 6) is -0.981. The van der Waals surface area contributed by atoms with E-state index in [1.807, 2.05) is 0 Å². The van der Waals surface area contributed by atoms with Crippen LogP contribution in [-0.2, 0) is 9.59 Å². The zero-order valence-electron chi connectivity index (χ0n) is 8.14. The van der Waals surface area contributed by atoms with Crippen molar-refractivity contribution in [2.24, 2.45) is 0 Å². The molecule has 0 bridgehead atoms. The van der Waals surface area contributed by atoms with E-state index in [1.54, 1.807) is 6.92 Å². The molecule has 0 fully saturated rings. The second kappa shape index (κ2) is 17.6. The van der Waals surface area contributed by atoms with Gasteiger partial charge in [-0.3, -0.25) is 4.79 Å². The van der Waals surface area contributed by atoms with Gasteiger partial charge in [-0.05, 0) is 12.5 Å². The highest BCUT2D eigenvalue weighted by atomic mass is 16.4. The third-order valence-electron chi connectivity index (χ3n) is 0.476. The molecule has 0 radical (unpaired) electrons. The highest BCUT2D eigenvalue weighted by Crippen LogP contribution is 1.70. The lowest BCUT2D eigenvalue weighted by atomic mass is 10.4. The maximum Gasteiger partial charge on any atom is 0.327 e. The number of aliphatic hydroxyl groups excluding tert-OH is 2. The largest absolute Gasteiger partial charge is 0.478 e. The van der Waals surface area contributed by atoms with Crippen LogP contribution in [0.2, 0.25) is 0 Å². The summed E-state index contributed by atoms with van der Waals surface area (Å²) in [5.41, 5.74) is 0.574. The van der Waals surface area contributed by atoms with E-state index in [2.05, 4.69) is 13.2 Å². The summed E-state index contributed by atoms with van der Waals surface area (Å²) < 4.78 is 0. The van der Waals surface area contributed by atoms with E-state index in [1.165, 1.54) is 0 Å². The maximum absolute atomic E-state index is 9.41. The molecule has 0 aromatic heterocycles. The summed E-state index contributed by atoms with van der Waals surface area (Å²) in [5, 5.41) is 22.9. The second-order valence-electron chi connectivity index (χ2n) is 1.95. The van der Waals surface area contributed by atoms with Crippen molar-refractivity contribution in [3.8, 4) is 0 Å². The van der Waals surface area contributed by atoms with Crippen LogP contribution < -0.4 is 0 Å². The number of rotatable bonds is 3. The van der Waals surface area contributed by atoms with Crippen LogP contribution in [0.3, 0.4) is 0 Å². The Hall–Kier alpha value is -1.46. The van der Waals surface area contributed by atoms with Crippen molar-refractivity contribution in [2.45, 2.75) is 6.92 Å². The number of aliphatic hydroxyl groups is 2. The van der Waals surface area contributed by atoms with E-state index in [0.29, 0.717) is 5.57 Å². The van der Waals surface area contributed by atoms with Gasteiger partial charge in [0.05, 0.1) is 13.2 Å². The van der Waals surface area contributed by atoms with E-state index in [9.17, 15) is 9.59 Å². The standard InChI is InChI=1S/C4H6O.C3H4O2.C2H6O2/c1-4(2)3-5;1-2-3(4)5;3-1-2-4/h3H,1H2,2H3;2H,1H2,(H,4,5);3-4H,1-2H2. The molecule has 0 saturated carbocycles. The summed E-state index contributed by atoms with van der Waals surface area (Å²) >= 11 is 0. The van der Waals surface area contributed by atoms with E-state index < -0.39 is 5.97 Å². The molecule has 14 heavy (non-hydrogen) atoms. The quantitative estimate of drug-likeness (QED) is 0.444. The lowest BCUT2D eigenvalue weighted by Gasteiger charge is -1.70. The molecular formula is C9H16O5. The Morgan fingerprint density at radius 2 is 1.57 bits per heavy atom. The molecule has 5 heteroatoms. The minimum absolute atomic E-state index is 0.125. The van der Waals surface area contributed by atoms with Crippen molar-refractivity contribution in [1.29, 1.82) is 0 Å². The Morgan fingerprint density at radius 1 is 1.36 bits per heavy atom. The van der Waals surface area contributed by atoms with Gasteiger partial charge in [-0.25, -0.2) is 4.79 Å². The summed E-state index contributed by atoms with van der Waals surface area (Å²) in [6, 6.07) is 0. The average Bonchev–Trinajstić information content (AvgIpc) is 2.19. The fourth-order valence-electron chi connectivity index (χ4n) is 0. The molecule has 82 valence electrons. The Balaban J connectivity index is -0.000000131. The summed E-state index contributed by atoms with van der Waals surface area (Å²) in [6.45, 7) is 7.68. The average molecular weight is 204 g/mol. The molecule has 0 saturated heterocycles. The van der Waals surface area contributed by atoms with Crippen LogP contribution in [0.25, 0.3) is 0 Å². The molecule has 0 aromatic rings. The van der Waals surface area contributed by atoms with E-state index in [4.69, 9.17) is 15.3 Å². The molecule has 0 amide bonds. The van der Waals surface area contributed by atoms with Crippen LogP contribution in [0.4, 0.5) is 0 Å². The van der Waals surface area contributed by atoms with Gasteiger partial charge in [0, 0.05) is 6.08 Å². The van der Waals surface area contributed by atoms with Crippen molar-refractivity contribution in [2.75, 3.05) is 13.2 Å². The second-order valence-corrected chi connectivity index (χ2v) is 1.95. The molecule has 0 heterocycles. The van der Waals surface area contributed by atoms with Crippen LogP contribution in [0, 0.1) is 0 Å². The van der Waals surface area contributed by atoms with Crippen LogP contribution in [0.1, 0.15) is 6.92 Å². The van der Waals surface area contributed by atoms with Crippen molar-refractivity contribution < 1.29 is 24.9 Å². The van der Waals surface area contributed by atoms with Gasteiger partial charge in [0.25, 0.3) is 0 Å². The monoisotopic (exact) mass is 204 g/mol. The first-order chi connectivity index (χ1) is 6.45. The Morgan fingerprint density at radius 3 is 1.57 bits per heavy atom. The molecule has 0 atom stereocenters. The number of aliphatic carboxylic acids is 1. The SMILES string of the molecule is C=C(C)C=O.C=CC(=O)O.OCCO. The topological polar surface area (TPSA) is 94.8 Å². The number of hydrogen-bond donors (Lipinski definition) is 3. The molecule has 0 spiro atoms. The van der Waals surface area contributed by atoms with Gasteiger partial charge < -0.3 is 15.3 Å². The minimum atomic E-state index is -0.981.